The molecule has 2 unspecified atom stereocenters. The molecular weight excluding hydrogens is 416 g/mol. The zero-order chi connectivity index (χ0) is 22.1. The van der Waals surface area contributed by atoms with Crippen LogP contribution in [-0.4, -0.2) is 26.7 Å². The van der Waals surface area contributed by atoms with Crippen molar-refractivity contribution in [2.45, 2.75) is 56.0 Å². The normalized spacial score (nSPS) is 19.5. The van der Waals surface area contributed by atoms with E-state index in [-0.39, 0.29) is 29.8 Å². The molecule has 2 N–H and O–H groups in total. The Bertz CT molecular complexity index is 1150. The fourth-order valence-electron chi connectivity index (χ4n) is 4.22. The summed E-state index contributed by atoms with van der Waals surface area (Å²) in [4.78, 5) is 52.1. The molecule has 8 nitrogen and oxygen atoms in total. The topological polar surface area (TPSA) is 102 Å². The predicted molar refractivity (Wildman–Crippen MR) is 120 cm³/mol. The summed E-state index contributed by atoms with van der Waals surface area (Å²) in [6, 6.07) is 7.85. The maximum Gasteiger partial charge on any atom is 0.332 e. The molecule has 31 heavy (non-hydrogen) atoms. The minimum Gasteiger partial charge on any atom is -0.349 e. The van der Waals surface area contributed by atoms with Crippen molar-refractivity contribution in [1.82, 2.24) is 14.5 Å². The van der Waals surface area contributed by atoms with Crippen LogP contribution in [0.2, 0.25) is 0 Å². The molecule has 0 saturated carbocycles. The Kier molecular flexibility index (Phi) is 6.04. The summed E-state index contributed by atoms with van der Waals surface area (Å²) in [5, 5.41) is 5.72. The molecule has 9 heteroatoms. The lowest BCUT2D eigenvalue weighted by Gasteiger charge is -2.26. The number of nitrogens with zero attached hydrogens (tertiary/aromatic N) is 2. The van der Waals surface area contributed by atoms with Gasteiger partial charge in [-0.3, -0.25) is 23.5 Å². The molecule has 0 radical (unpaired) electrons. The lowest BCUT2D eigenvalue weighted by molar-refractivity contribution is -0.125. The van der Waals surface area contributed by atoms with E-state index in [4.69, 9.17) is 0 Å². The minimum atomic E-state index is -0.907. The maximum absolute atomic E-state index is 12.9. The number of anilines is 1. The van der Waals surface area contributed by atoms with E-state index in [9.17, 15) is 19.2 Å². The van der Waals surface area contributed by atoms with Crippen molar-refractivity contribution in [3.05, 3.63) is 56.2 Å². The Labute approximate surface area is 184 Å². The quantitative estimate of drug-likeness (QED) is 0.714. The van der Waals surface area contributed by atoms with E-state index in [0.717, 1.165) is 40.0 Å². The van der Waals surface area contributed by atoms with Crippen LogP contribution >= 0.6 is 11.8 Å². The van der Waals surface area contributed by atoms with E-state index in [0.29, 0.717) is 6.54 Å². The fourth-order valence-corrected chi connectivity index (χ4v) is 5.35. The van der Waals surface area contributed by atoms with Crippen LogP contribution < -0.4 is 21.9 Å². The molecule has 164 valence electrons. The van der Waals surface area contributed by atoms with Gasteiger partial charge < -0.3 is 10.6 Å². The van der Waals surface area contributed by atoms with Gasteiger partial charge in [0.2, 0.25) is 11.8 Å². The van der Waals surface area contributed by atoms with Crippen LogP contribution in [0.4, 0.5) is 5.82 Å². The number of fused-ring (bicyclic) bond motifs is 2. The fraction of sp³-hybridized carbons (Fsp3) is 0.455. The molecule has 2 aliphatic rings. The summed E-state index contributed by atoms with van der Waals surface area (Å²) in [6.07, 6.45) is 2.28. The molecular formula is C22H26N4O4S. The summed E-state index contributed by atoms with van der Waals surface area (Å²) in [5.74, 6) is -0.469. The van der Waals surface area contributed by atoms with Crippen molar-refractivity contribution >= 4 is 29.4 Å². The maximum atomic E-state index is 12.9. The number of unbranched alkanes of at least 4 members (excludes halogenated alkanes) is 1. The molecule has 4 rings (SSSR count). The highest BCUT2D eigenvalue weighted by Crippen LogP contribution is 2.36. The Balaban J connectivity index is 1.60. The SMILES string of the molecule is CCCCn1c2c(c(=O)n(C)c1=O)C(CC(=O)NC1CCSc3ccccc31)C(=O)N2. The number of carbonyl (C=O) groups is 2. The lowest BCUT2D eigenvalue weighted by atomic mass is 9.97. The van der Waals surface area contributed by atoms with Crippen molar-refractivity contribution in [1.29, 1.82) is 0 Å². The molecule has 0 fully saturated rings. The molecule has 2 aliphatic heterocycles. The van der Waals surface area contributed by atoms with Crippen LogP contribution in [-0.2, 0) is 23.2 Å². The lowest BCUT2D eigenvalue weighted by Crippen LogP contribution is -2.40. The van der Waals surface area contributed by atoms with E-state index in [1.165, 1.54) is 11.6 Å². The first-order valence-electron chi connectivity index (χ1n) is 10.6. The van der Waals surface area contributed by atoms with E-state index in [2.05, 4.69) is 10.6 Å². The third-order valence-electron chi connectivity index (χ3n) is 5.90. The van der Waals surface area contributed by atoms with E-state index in [1.54, 1.807) is 11.8 Å². The first kappa shape index (κ1) is 21.4. The van der Waals surface area contributed by atoms with Gasteiger partial charge in [-0.2, -0.15) is 0 Å². The van der Waals surface area contributed by atoms with E-state index < -0.39 is 23.1 Å². The van der Waals surface area contributed by atoms with Crippen molar-refractivity contribution in [2.75, 3.05) is 11.1 Å². The number of thioether (sulfide) groups is 1. The predicted octanol–water partition coefficient (Wildman–Crippen LogP) is 2.13. The van der Waals surface area contributed by atoms with Gasteiger partial charge in [-0.1, -0.05) is 31.5 Å². The van der Waals surface area contributed by atoms with Gasteiger partial charge in [0.25, 0.3) is 5.56 Å². The third kappa shape index (κ3) is 3.94. The number of aromatic nitrogens is 2. The molecule has 2 atom stereocenters. The van der Waals surface area contributed by atoms with Gasteiger partial charge in [0, 0.05) is 30.7 Å². The van der Waals surface area contributed by atoms with Gasteiger partial charge in [0.05, 0.1) is 17.5 Å². The average Bonchev–Trinajstić information content (AvgIpc) is 3.08. The molecule has 0 spiro atoms. The monoisotopic (exact) mass is 442 g/mol. The van der Waals surface area contributed by atoms with Gasteiger partial charge >= 0.3 is 5.69 Å². The second-order valence-electron chi connectivity index (χ2n) is 7.96. The largest absolute Gasteiger partial charge is 0.349 e. The van der Waals surface area contributed by atoms with Crippen LogP contribution in [0.1, 0.15) is 55.7 Å². The first-order chi connectivity index (χ1) is 14.9. The smallest absolute Gasteiger partial charge is 0.332 e. The summed E-state index contributed by atoms with van der Waals surface area (Å²) in [7, 11) is 1.41. The second-order valence-corrected chi connectivity index (χ2v) is 9.09. The summed E-state index contributed by atoms with van der Waals surface area (Å²) < 4.78 is 2.46. The number of hydrogen-bond acceptors (Lipinski definition) is 5. The Hall–Kier alpha value is -2.81. The molecule has 1 aromatic heterocycles. The Morgan fingerprint density at radius 1 is 1.26 bits per heavy atom. The molecule has 3 heterocycles. The van der Waals surface area contributed by atoms with Gasteiger partial charge in [0.1, 0.15) is 5.82 Å². The number of benzene rings is 1. The second kappa shape index (κ2) is 8.74. The van der Waals surface area contributed by atoms with Gasteiger partial charge in [-0.15, -0.1) is 11.8 Å². The molecule has 0 bridgehead atoms. The molecule has 0 saturated heterocycles. The number of nitrogens with one attached hydrogen (secondary N) is 2. The minimum absolute atomic E-state index is 0.116. The number of carbonyl (C=O) groups excluding carboxylic acids is 2. The summed E-state index contributed by atoms with van der Waals surface area (Å²) in [5.41, 5.74) is 0.299. The molecule has 2 aromatic rings. The van der Waals surface area contributed by atoms with Crippen LogP contribution in [0.25, 0.3) is 0 Å². The zero-order valence-corrected chi connectivity index (χ0v) is 18.5. The van der Waals surface area contributed by atoms with Gasteiger partial charge in [0.15, 0.2) is 0 Å². The van der Waals surface area contributed by atoms with E-state index in [1.807, 2.05) is 31.2 Å². The molecule has 1 aromatic carbocycles. The van der Waals surface area contributed by atoms with E-state index >= 15 is 0 Å². The number of amides is 2. The van der Waals surface area contributed by atoms with Crippen molar-refractivity contribution < 1.29 is 9.59 Å². The van der Waals surface area contributed by atoms with Crippen LogP contribution in [0.3, 0.4) is 0 Å². The van der Waals surface area contributed by atoms with Crippen LogP contribution in [0.15, 0.2) is 38.8 Å². The van der Waals surface area contributed by atoms with Crippen molar-refractivity contribution in [3.63, 3.8) is 0 Å². The summed E-state index contributed by atoms with van der Waals surface area (Å²) in [6.45, 7) is 2.41. The highest BCUT2D eigenvalue weighted by Gasteiger charge is 2.38. The third-order valence-corrected chi connectivity index (χ3v) is 7.03. The van der Waals surface area contributed by atoms with Crippen LogP contribution in [0, 0.1) is 0 Å². The van der Waals surface area contributed by atoms with Gasteiger partial charge in [-0.05, 0) is 24.5 Å². The number of rotatable bonds is 6. The summed E-state index contributed by atoms with van der Waals surface area (Å²) >= 11 is 1.76. The van der Waals surface area contributed by atoms with Crippen LogP contribution in [0.5, 0.6) is 0 Å². The number of hydrogen-bond donors (Lipinski definition) is 2. The highest BCUT2D eigenvalue weighted by molar-refractivity contribution is 7.99. The highest BCUT2D eigenvalue weighted by atomic mass is 32.2. The molecule has 0 aliphatic carbocycles. The Morgan fingerprint density at radius 2 is 2.03 bits per heavy atom. The first-order valence-corrected chi connectivity index (χ1v) is 11.6. The average molecular weight is 443 g/mol. The Morgan fingerprint density at radius 3 is 2.81 bits per heavy atom. The van der Waals surface area contributed by atoms with Crippen molar-refractivity contribution in [3.8, 4) is 0 Å². The molecule has 2 amide bonds. The van der Waals surface area contributed by atoms with Gasteiger partial charge in [-0.25, -0.2) is 4.79 Å². The standard InChI is InChI=1S/C22H26N4O4S/c1-3-4-10-26-19-18(21(29)25(2)22(26)30)14(20(28)24-19)12-17(27)23-15-9-11-31-16-8-6-5-7-13(15)16/h5-8,14-15H,3-4,9-12H2,1-2H3,(H,23,27)(H,24,28). The van der Waals surface area contributed by atoms with Crippen molar-refractivity contribution in [2.24, 2.45) is 7.05 Å². The zero-order valence-electron chi connectivity index (χ0n) is 17.6.